The van der Waals surface area contributed by atoms with E-state index in [4.69, 9.17) is 0 Å². The van der Waals surface area contributed by atoms with E-state index >= 15 is 0 Å². The molecule has 2 aliphatic rings. The molecule has 1 fully saturated rings. The third-order valence-corrected chi connectivity index (χ3v) is 5.88. The minimum absolute atomic E-state index is 0.00634. The van der Waals surface area contributed by atoms with Crippen LogP contribution >= 0.6 is 0 Å². The van der Waals surface area contributed by atoms with Crippen molar-refractivity contribution in [1.29, 1.82) is 0 Å². The van der Waals surface area contributed by atoms with Gasteiger partial charge in [0.05, 0.1) is 5.71 Å². The topological polar surface area (TPSA) is 47.9 Å². The van der Waals surface area contributed by atoms with Crippen molar-refractivity contribution in [2.24, 2.45) is 5.10 Å². The number of aryl methyl sites for hydroxylation is 1. The lowest BCUT2D eigenvalue weighted by atomic mass is 10.0. The molecule has 0 unspecified atom stereocenters. The van der Waals surface area contributed by atoms with Gasteiger partial charge in [0.25, 0.3) is 0 Å². The number of nitrogens with one attached hydrogen (secondary N) is 1. The summed E-state index contributed by atoms with van der Waals surface area (Å²) in [6.45, 7) is 5.74. The van der Waals surface area contributed by atoms with Gasteiger partial charge in [-0.3, -0.25) is 9.69 Å². The van der Waals surface area contributed by atoms with E-state index in [0.29, 0.717) is 6.42 Å². The Bertz CT molecular complexity index is 824. The van der Waals surface area contributed by atoms with Crippen molar-refractivity contribution in [1.82, 2.24) is 10.3 Å². The molecule has 1 amide bonds. The Balaban J connectivity index is 1.15. The molecule has 2 aliphatic heterocycles. The monoisotopic (exact) mass is 390 g/mol. The number of para-hydroxylation sites is 1. The van der Waals surface area contributed by atoms with Gasteiger partial charge in [0.2, 0.25) is 5.91 Å². The molecule has 0 aliphatic carbocycles. The number of benzene rings is 2. The Labute approximate surface area is 173 Å². The SMILES string of the molecule is O=C1CCC(c2ccc(CCCCN3CCN(c4ccccc4)CC3)cc2)=NN1. The smallest absolute Gasteiger partial charge is 0.240 e. The Morgan fingerprint density at radius 2 is 1.62 bits per heavy atom. The number of hydrazone groups is 1. The van der Waals surface area contributed by atoms with E-state index in [1.807, 2.05) is 0 Å². The second-order valence-corrected chi connectivity index (χ2v) is 7.91. The summed E-state index contributed by atoms with van der Waals surface area (Å²) in [5, 5.41) is 4.17. The van der Waals surface area contributed by atoms with E-state index < -0.39 is 0 Å². The quantitative estimate of drug-likeness (QED) is 0.737. The number of piperazine rings is 1. The van der Waals surface area contributed by atoms with Crippen LogP contribution in [0.15, 0.2) is 59.7 Å². The summed E-state index contributed by atoms with van der Waals surface area (Å²) in [4.78, 5) is 16.3. The number of carbonyl (C=O) groups excluding carboxylic acids is 1. The number of carbonyl (C=O) groups is 1. The normalized spacial score (nSPS) is 17.7. The molecule has 2 heterocycles. The van der Waals surface area contributed by atoms with Crippen LogP contribution in [-0.4, -0.2) is 49.2 Å². The number of hydrogen-bond donors (Lipinski definition) is 1. The fourth-order valence-corrected chi connectivity index (χ4v) is 4.08. The highest BCUT2D eigenvalue weighted by molar-refractivity contribution is 6.04. The van der Waals surface area contributed by atoms with Gasteiger partial charge in [-0.25, -0.2) is 5.43 Å². The van der Waals surface area contributed by atoms with Crippen LogP contribution in [-0.2, 0) is 11.2 Å². The van der Waals surface area contributed by atoms with Crippen LogP contribution in [0.25, 0.3) is 0 Å². The summed E-state index contributed by atoms with van der Waals surface area (Å²) in [5.74, 6) is 0.00634. The molecule has 152 valence electrons. The zero-order chi connectivity index (χ0) is 19.9. The van der Waals surface area contributed by atoms with E-state index in [-0.39, 0.29) is 5.91 Å². The van der Waals surface area contributed by atoms with Crippen molar-refractivity contribution in [3.8, 4) is 0 Å². The summed E-state index contributed by atoms with van der Waals surface area (Å²) >= 11 is 0. The van der Waals surface area contributed by atoms with E-state index in [2.05, 4.69) is 74.9 Å². The predicted octanol–water partition coefficient (Wildman–Crippen LogP) is 3.45. The fourth-order valence-electron chi connectivity index (χ4n) is 4.08. The minimum atomic E-state index is 0.00634. The highest BCUT2D eigenvalue weighted by Gasteiger charge is 2.16. The van der Waals surface area contributed by atoms with E-state index in [1.54, 1.807) is 0 Å². The van der Waals surface area contributed by atoms with Gasteiger partial charge in [-0.15, -0.1) is 0 Å². The summed E-state index contributed by atoms with van der Waals surface area (Å²) in [5.41, 5.74) is 7.39. The van der Waals surface area contributed by atoms with Gasteiger partial charge >= 0.3 is 0 Å². The lowest BCUT2D eigenvalue weighted by molar-refractivity contribution is -0.121. The van der Waals surface area contributed by atoms with E-state index in [9.17, 15) is 4.79 Å². The maximum absolute atomic E-state index is 11.2. The second kappa shape index (κ2) is 9.70. The van der Waals surface area contributed by atoms with Crippen LogP contribution in [0.4, 0.5) is 5.69 Å². The highest BCUT2D eigenvalue weighted by atomic mass is 16.2. The standard InChI is InChI=1S/C24H30N4O/c29-24-14-13-23(25-26-24)21-11-9-20(10-12-21)6-4-5-15-27-16-18-28(19-17-27)22-7-2-1-3-8-22/h1-3,7-12H,4-6,13-19H2,(H,26,29). The van der Waals surface area contributed by atoms with Crippen molar-refractivity contribution in [2.45, 2.75) is 32.1 Å². The largest absolute Gasteiger partial charge is 0.369 e. The first-order valence-corrected chi connectivity index (χ1v) is 10.7. The van der Waals surface area contributed by atoms with Crippen LogP contribution in [0.2, 0.25) is 0 Å². The predicted molar refractivity (Wildman–Crippen MR) is 118 cm³/mol. The van der Waals surface area contributed by atoms with Gasteiger partial charge in [-0.05, 0) is 49.1 Å². The van der Waals surface area contributed by atoms with Crippen molar-refractivity contribution in [2.75, 3.05) is 37.6 Å². The van der Waals surface area contributed by atoms with Gasteiger partial charge in [-0.1, -0.05) is 42.5 Å². The van der Waals surface area contributed by atoms with Gasteiger partial charge in [0.15, 0.2) is 0 Å². The van der Waals surface area contributed by atoms with Crippen molar-refractivity contribution < 1.29 is 4.79 Å². The summed E-state index contributed by atoms with van der Waals surface area (Å²) in [6, 6.07) is 19.4. The summed E-state index contributed by atoms with van der Waals surface area (Å²) < 4.78 is 0. The Morgan fingerprint density at radius 1 is 0.862 bits per heavy atom. The molecule has 1 N–H and O–H groups in total. The molecule has 29 heavy (non-hydrogen) atoms. The third-order valence-electron chi connectivity index (χ3n) is 5.88. The molecule has 5 nitrogen and oxygen atoms in total. The van der Waals surface area contributed by atoms with Crippen LogP contribution in [0.5, 0.6) is 0 Å². The molecular formula is C24H30N4O. The molecule has 1 saturated heterocycles. The molecule has 5 heteroatoms. The van der Waals surface area contributed by atoms with Gasteiger partial charge in [-0.2, -0.15) is 5.10 Å². The van der Waals surface area contributed by atoms with Crippen molar-refractivity contribution in [3.05, 3.63) is 65.7 Å². The minimum Gasteiger partial charge on any atom is -0.369 e. The number of rotatable bonds is 7. The average Bonchev–Trinajstić information content (AvgIpc) is 2.79. The van der Waals surface area contributed by atoms with Crippen molar-refractivity contribution in [3.63, 3.8) is 0 Å². The number of nitrogens with zero attached hydrogens (tertiary/aromatic N) is 3. The van der Waals surface area contributed by atoms with E-state index in [0.717, 1.165) is 50.3 Å². The zero-order valence-electron chi connectivity index (χ0n) is 17.0. The number of unbranched alkanes of at least 4 members (excludes halogenated alkanes) is 1. The Kier molecular flexibility index (Phi) is 6.57. The van der Waals surface area contributed by atoms with Crippen LogP contribution in [0, 0.1) is 0 Å². The number of anilines is 1. The Hall–Kier alpha value is -2.66. The summed E-state index contributed by atoms with van der Waals surface area (Å²) in [7, 11) is 0. The summed E-state index contributed by atoms with van der Waals surface area (Å²) in [6.07, 6.45) is 4.83. The van der Waals surface area contributed by atoms with Crippen molar-refractivity contribution >= 4 is 17.3 Å². The molecule has 0 saturated carbocycles. The first-order valence-electron chi connectivity index (χ1n) is 10.7. The van der Waals surface area contributed by atoms with Gasteiger partial charge in [0, 0.05) is 44.7 Å². The van der Waals surface area contributed by atoms with Crippen LogP contribution in [0.1, 0.15) is 36.8 Å². The molecule has 0 aromatic heterocycles. The van der Waals surface area contributed by atoms with Gasteiger partial charge < -0.3 is 4.90 Å². The maximum Gasteiger partial charge on any atom is 0.240 e. The zero-order valence-corrected chi connectivity index (χ0v) is 17.0. The fraction of sp³-hybridized carbons (Fsp3) is 0.417. The molecule has 0 atom stereocenters. The Morgan fingerprint density at radius 3 is 2.31 bits per heavy atom. The number of hydrogen-bond acceptors (Lipinski definition) is 4. The highest BCUT2D eigenvalue weighted by Crippen LogP contribution is 2.16. The lowest BCUT2D eigenvalue weighted by Crippen LogP contribution is -2.46. The van der Waals surface area contributed by atoms with E-state index in [1.165, 1.54) is 30.6 Å². The average molecular weight is 391 g/mol. The first-order chi connectivity index (χ1) is 14.3. The molecule has 4 rings (SSSR count). The van der Waals surface area contributed by atoms with Gasteiger partial charge in [0.1, 0.15) is 0 Å². The molecule has 2 aromatic rings. The third kappa shape index (κ3) is 5.45. The number of amides is 1. The first kappa shape index (κ1) is 19.6. The molecule has 2 aromatic carbocycles. The van der Waals surface area contributed by atoms with Crippen LogP contribution < -0.4 is 10.3 Å². The molecule has 0 bridgehead atoms. The molecule has 0 radical (unpaired) electrons. The lowest BCUT2D eigenvalue weighted by Gasteiger charge is -2.36. The van der Waals surface area contributed by atoms with Crippen LogP contribution in [0.3, 0.4) is 0 Å². The molecular weight excluding hydrogens is 360 g/mol. The second-order valence-electron chi connectivity index (χ2n) is 7.91. The molecule has 0 spiro atoms. The maximum atomic E-state index is 11.2.